The van der Waals surface area contributed by atoms with E-state index >= 15 is 0 Å². The molecule has 7 nitrogen and oxygen atoms in total. The maximum atomic E-state index is 12.9. The highest BCUT2D eigenvalue weighted by molar-refractivity contribution is 5.95. The summed E-state index contributed by atoms with van der Waals surface area (Å²) in [7, 11) is 1.32. The minimum absolute atomic E-state index is 0. The van der Waals surface area contributed by atoms with Gasteiger partial charge in [-0.05, 0) is 37.5 Å². The van der Waals surface area contributed by atoms with Gasteiger partial charge in [0.15, 0.2) is 11.5 Å². The van der Waals surface area contributed by atoms with E-state index in [4.69, 9.17) is 10.5 Å². The highest BCUT2D eigenvalue weighted by Gasteiger charge is 2.28. The number of amides is 2. The molecule has 28 heavy (non-hydrogen) atoms. The second-order valence-corrected chi connectivity index (χ2v) is 6.24. The first-order valence-corrected chi connectivity index (χ1v) is 8.86. The molecule has 0 aromatic heterocycles. The fraction of sp³-hybridized carbons (Fsp3) is 0.556. The Bertz CT molecular complexity index is 664. The van der Waals surface area contributed by atoms with Crippen molar-refractivity contribution in [2.24, 2.45) is 5.73 Å². The Kier molecular flexibility index (Phi) is 9.95. The van der Waals surface area contributed by atoms with Crippen molar-refractivity contribution in [1.29, 1.82) is 0 Å². The lowest BCUT2D eigenvalue weighted by atomic mass is 10.0. The van der Waals surface area contributed by atoms with E-state index in [0.29, 0.717) is 18.7 Å². The molecular weight excluding hydrogens is 396 g/mol. The number of carbonyl (C=O) groups excluding carboxylic acids is 2. The first-order valence-electron chi connectivity index (χ1n) is 8.86. The van der Waals surface area contributed by atoms with Crippen molar-refractivity contribution < 1.29 is 27.8 Å². The number of hydrogen-bond donors (Lipinski definition) is 2. The zero-order valence-electron chi connectivity index (χ0n) is 15.7. The lowest BCUT2D eigenvalue weighted by Crippen LogP contribution is -2.49. The van der Waals surface area contributed by atoms with E-state index in [1.54, 1.807) is 4.90 Å². The highest BCUT2D eigenvalue weighted by Crippen LogP contribution is 2.30. The monoisotopic (exact) mass is 421 g/mol. The van der Waals surface area contributed by atoms with Gasteiger partial charge in [0, 0.05) is 37.7 Å². The molecule has 1 atom stereocenters. The number of alkyl halides is 2. The molecule has 1 aromatic rings. The average molecular weight is 422 g/mol. The second kappa shape index (κ2) is 11.7. The summed E-state index contributed by atoms with van der Waals surface area (Å²) in [6, 6.07) is 3.98. The summed E-state index contributed by atoms with van der Waals surface area (Å²) >= 11 is 0. The zero-order valence-corrected chi connectivity index (χ0v) is 16.5. The molecule has 1 heterocycles. The number of hydrogen-bond acceptors (Lipinski definition) is 5. The van der Waals surface area contributed by atoms with Gasteiger partial charge in [-0.1, -0.05) is 0 Å². The number of nitrogens with two attached hydrogens (primary N) is 1. The van der Waals surface area contributed by atoms with Crippen LogP contribution in [0.4, 0.5) is 8.78 Å². The topological polar surface area (TPSA) is 93.9 Å². The Hall–Kier alpha value is -2.13. The van der Waals surface area contributed by atoms with E-state index in [1.807, 2.05) is 0 Å². The van der Waals surface area contributed by atoms with Crippen molar-refractivity contribution in [3.05, 3.63) is 23.8 Å². The van der Waals surface area contributed by atoms with Crippen LogP contribution in [0.25, 0.3) is 0 Å². The van der Waals surface area contributed by atoms with Gasteiger partial charge < -0.3 is 25.4 Å². The van der Waals surface area contributed by atoms with Gasteiger partial charge in [-0.2, -0.15) is 8.78 Å². The third-order valence-corrected chi connectivity index (χ3v) is 4.42. The number of methoxy groups -OCH3 is 1. The molecule has 1 aliphatic heterocycles. The first-order chi connectivity index (χ1) is 13.0. The Morgan fingerprint density at radius 3 is 2.71 bits per heavy atom. The summed E-state index contributed by atoms with van der Waals surface area (Å²) in [6.07, 6.45) is 2.84. The van der Waals surface area contributed by atoms with E-state index in [1.165, 1.54) is 25.3 Å². The van der Waals surface area contributed by atoms with Gasteiger partial charge in [0.05, 0.1) is 7.11 Å². The number of likely N-dealkylation sites (tertiary alicyclic amines) is 1. The molecule has 1 aliphatic rings. The van der Waals surface area contributed by atoms with Crippen LogP contribution in [0.5, 0.6) is 11.5 Å². The minimum atomic E-state index is -2.98. The average Bonchev–Trinajstić information content (AvgIpc) is 2.66. The summed E-state index contributed by atoms with van der Waals surface area (Å²) in [4.78, 5) is 26.3. The van der Waals surface area contributed by atoms with Crippen LogP contribution >= 0.6 is 12.4 Å². The molecule has 0 radical (unpaired) electrons. The Balaban J connectivity index is 0.00000392. The van der Waals surface area contributed by atoms with Crippen molar-refractivity contribution in [1.82, 2.24) is 10.2 Å². The molecule has 0 bridgehead atoms. The van der Waals surface area contributed by atoms with Crippen LogP contribution in [0.3, 0.4) is 0 Å². The number of rotatable bonds is 8. The third kappa shape index (κ3) is 6.49. The van der Waals surface area contributed by atoms with Crippen molar-refractivity contribution in [2.75, 3.05) is 26.7 Å². The molecule has 2 rings (SSSR count). The molecule has 1 fully saturated rings. The largest absolute Gasteiger partial charge is 0.493 e. The Labute approximate surface area is 168 Å². The molecular formula is C18H26ClF2N3O4. The normalized spacial score (nSPS) is 16.3. The predicted octanol–water partition coefficient (Wildman–Crippen LogP) is 2.18. The summed E-state index contributed by atoms with van der Waals surface area (Å²) in [5.74, 6) is -0.459. The molecule has 0 saturated carbocycles. The summed E-state index contributed by atoms with van der Waals surface area (Å²) < 4.78 is 34.3. The van der Waals surface area contributed by atoms with Crippen LogP contribution in [-0.4, -0.2) is 56.1 Å². The molecule has 3 N–H and O–H groups in total. The fourth-order valence-electron chi connectivity index (χ4n) is 3.09. The number of halogens is 3. The van der Waals surface area contributed by atoms with E-state index in [9.17, 15) is 18.4 Å². The minimum Gasteiger partial charge on any atom is -0.493 e. The van der Waals surface area contributed by atoms with Gasteiger partial charge in [-0.25, -0.2) is 0 Å². The molecule has 1 unspecified atom stereocenters. The lowest BCUT2D eigenvalue weighted by Gasteiger charge is -2.36. The summed E-state index contributed by atoms with van der Waals surface area (Å²) in [5.41, 5.74) is 5.68. The first kappa shape index (κ1) is 23.9. The van der Waals surface area contributed by atoms with E-state index in [-0.39, 0.29) is 54.7 Å². The summed E-state index contributed by atoms with van der Waals surface area (Å²) in [6.45, 7) is -1.79. The van der Waals surface area contributed by atoms with Crippen LogP contribution < -0.4 is 20.5 Å². The van der Waals surface area contributed by atoms with Gasteiger partial charge in [0.2, 0.25) is 5.91 Å². The standard InChI is InChI=1S/C18H25F2N3O4.ClH/c1-26-15-10-12(5-6-14(15)27-18(19)20)17(25)23-9-3-2-4-13(23)11-22-16(24)7-8-21;/h5-6,10,13,18H,2-4,7-9,11,21H2,1H3,(H,22,24);1H. The highest BCUT2D eigenvalue weighted by atomic mass is 35.5. The number of ether oxygens (including phenoxy) is 2. The maximum absolute atomic E-state index is 12.9. The number of benzene rings is 1. The number of piperidine rings is 1. The van der Waals surface area contributed by atoms with Crippen LogP contribution in [0, 0.1) is 0 Å². The van der Waals surface area contributed by atoms with Crippen molar-refractivity contribution in [3.63, 3.8) is 0 Å². The van der Waals surface area contributed by atoms with Gasteiger partial charge in [-0.15, -0.1) is 12.4 Å². The molecule has 158 valence electrons. The Morgan fingerprint density at radius 2 is 2.07 bits per heavy atom. The molecule has 1 saturated heterocycles. The van der Waals surface area contributed by atoms with E-state index in [0.717, 1.165) is 19.3 Å². The van der Waals surface area contributed by atoms with Gasteiger partial charge >= 0.3 is 6.61 Å². The van der Waals surface area contributed by atoms with Crippen LogP contribution in [0.2, 0.25) is 0 Å². The third-order valence-electron chi connectivity index (χ3n) is 4.42. The molecule has 10 heteroatoms. The van der Waals surface area contributed by atoms with Gasteiger partial charge in [0.1, 0.15) is 0 Å². The van der Waals surface area contributed by atoms with Crippen LogP contribution in [0.15, 0.2) is 18.2 Å². The van der Waals surface area contributed by atoms with Crippen molar-refractivity contribution in [2.45, 2.75) is 38.3 Å². The van der Waals surface area contributed by atoms with Gasteiger partial charge in [-0.3, -0.25) is 9.59 Å². The fourth-order valence-corrected chi connectivity index (χ4v) is 3.09. The van der Waals surface area contributed by atoms with E-state index < -0.39 is 6.61 Å². The second-order valence-electron chi connectivity index (χ2n) is 6.24. The predicted molar refractivity (Wildman–Crippen MR) is 102 cm³/mol. The van der Waals surface area contributed by atoms with Crippen LogP contribution in [-0.2, 0) is 4.79 Å². The molecule has 1 aromatic carbocycles. The number of nitrogens with zero attached hydrogens (tertiary/aromatic N) is 1. The van der Waals surface area contributed by atoms with E-state index in [2.05, 4.69) is 10.1 Å². The SMILES string of the molecule is COc1cc(C(=O)N2CCCCC2CNC(=O)CCN)ccc1OC(F)F.Cl. The smallest absolute Gasteiger partial charge is 0.387 e. The summed E-state index contributed by atoms with van der Waals surface area (Å²) in [5, 5.41) is 2.80. The molecule has 0 spiro atoms. The van der Waals surface area contributed by atoms with Crippen molar-refractivity contribution >= 4 is 24.2 Å². The number of nitrogens with one attached hydrogen (secondary N) is 1. The van der Waals surface area contributed by atoms with Crippen molar-refractivity contribution in [3.8, 4) is 11.5 Å². The molecule has 2 amide bonds. The number of carbonyl (C=O) groups is 2. The van der Waals surface area contributed by atoms with Crippen LogP contribution in [0.1, 0.15) is 36.0 Å². The molecule has 0 aliphatic carbocycles. The zero-order chi connectivity index (χ0) is 19.8. The lowest BCUT2D eigenvalue weighted by molar-refractivity contribution is -0.121. The van der Waals surface area contributed by atoms with Gasteiger partial charge in [0.25, 0.3) is 5.91 Å². The Morgan fingerprint density at radius 1 is 1.32 bits per heavy atom. The maximum Gasteiger partial charge on any atom is 0.387 e. The quantitative estimate of drug-likeness (QED) is 0.671.